The highest BCUT2D eigenvalue weighted by atomic mass is 35.5. The maximum Gasteiger partial charge on any atom is 0.389 e. The summed E-state index contributed by atoms with van der Waals surface area (Å²) in [6.45, 7) is 2.69. The predicted octanol–water partition coefficient (Wildman–Crippen LogP) is 2.58. The minimum absolute atomic E-state index is 0.00638. The average Bonchev–Trinajstić information content (AvgIpc) is 2.67. The van der Waals surface area contributed by atoms with E-state index in [2.05, 4.69) is 4.98 Å². The van der Waals surface area contributed by atoms with Crippen LogP contribution in [0.3, 0.4) is 0 Å². The molecular weight excluding hydrogens is 427 g/mol. The van der Waals surface area contributed by atoms with Crippen molar-refractivity contribution in [2.45, 2.75) is 32.4 Å². The third-order valence-corrected chi connectivity index (χ3v) is 5.15. The Bertz CT molecular complexity index is 688. The van der Waals surface area contributed by atoms with Crippen LogP contribution in [0, 0.1) is 5.41 Å². The number of alkyl halides is 3. The van der Waals surface area contributed by atoms with E-state index in [0.717, 1.165) is 17.6 Å². The Balaban J connectivity index is 2.70. The predicted molar refractivity (Wildman–Crippen MR) is 111 cm³/mol. The molecule has 6 nitrogen and oxygen atoms in total. The Hall–Kier alpha value is -1.62. The van der Waals surface area contributed by atoms with Crippen molar-refractivity contribution in [1.29, 1.82) is 5.41 Å². The molecule has 1 rings (SSSR count). The molecular formula is C18H27ClF3N5OS+2. The van der Waals surface area contributed by atoms with Gasteiger partial charge in [0.2, 0.25) is 5.91 Å². The molecule has 0 radical (unpaired) electrons. The topological polar surface area (TPSA) is 76.9 Å². The molecule has 0 bridgehead atoms. The van der Waals surface area contributed by atoms with E-state index in [1.165, 1.54) is 4.90 Å². The Labute approximate surface area is 178 Å². The number of halogens is 4. The highest BCUT2D eigenvalue weighted by molar-refractivity contribution is 7.75. The fourth-order valence-electron chi connectivity index (χ4n) is 2.55. The molecule has 3 N–H and O–H groups in total. The first-order valence-electron chi connectivity index (χ1n) is 9.09. The second-order valence-electron chi connectivity index (χ2n) is 6.08. The van der Waals surface area contributed by atoms with E-state index >= 15 is 0 Å². The van der Waals surface area contributed by atoms with Gasteiger partial charge in [-0.1, -0.05) is 11.6 Å². The Morgan fingerprint density at radius 2 is 2.14 bits per heavy atom. The summed E-state index contributed by atoms with van der Waals surface area (Å²) in [7, 11) is 0. The number of nitrogens with two attached hydrogens (primary N) is 1. The monoisotopic (exact) mass is 453 g/mol. The van der Waals surface area contributed by atoms with E-state index in [9.17, 15) is 18.0 Å². The molecule has 0 aliphatic heterocycles. The standard InChI is InChI=1S/C18H25ClF3N5OS/c1-3-27(15(17(19)23)13-25-14-6-4-9-24-12-14)16(28)7-11-26(29-2)10-5-8-18(20,21)22/h4,6,9,12-13,23,25H,3,5,7-8,10-11H2,1-2H3/p+2/b15-13+,23-17?. The van der Waals surface area contributed by atoms with Gasteiger partial charge in [-0.3, -0.25) is 20.5 Å². The number of nitrogens with zero attached hydrogens (tertiary/aromatic N) is 3. The summed E-state index contributed by atoms with van der Waals surface area (Å²) in [5, 5.41) is 9.24. The van der Waals surface area contributed by atoms with Crippen molar-refractivity contribution in [3.63, 3.8) is 0 Å². The molecule has 0 atom stereocenters. The molecule has 0 saturated heterocycles. The smallest absolute Gasteiger partial charge is 0.305 e. The normalized spacial score (nSPS) is 12.3. The van der Waals surface area contributed by atoms with Crippen LogP contribution in [0.2, 0.25) is 0 Å². The lowest BCUT2D eigenvalue weighted by Crippen LogP contribution is -2.72. The van der Waals surface area contributed by atoms with E-state index in [1.807, 2.05) is 12.3 Å². The molecule has 29 heavy (non-hydrogen) atoms. The van der Waals surface area contributed by atoms with Crippen molar-refractivity contribution < 1.29 is 23.3 Å². The number of nitrogens with one attached hydrogen (secondary N) is 1. The SMILES string of the molecule is CCN(C(=O)CCN(CCCC(F)(F)F)[SH+]C)/C(=C/[NH2+]c1cccnc1)C(=N)Cl. The number of carbonyl (C=O) groups is 1. The lowest BCUT2D eigenvalue weighted by Gasteiger charge is -2.22. The molecule has 1 aromatic heterocycles. The van der Waals surface area contributed by atoms with Gasteiger partial charge in [0.15, 0.2) is 5.69 Å². The molecule has 162 valence electrons. The first-order chi connectivity index (χ1) is 13.7. The van der Waals surface area contributed by atoms with E-state index in [-0.39, 0.29) is 36.2 Å². The van der Waals surface area contributed by atoms with Crippen LogP contribution in [-0.4, -0.2) is 57.3 Å². The van der Waals surface area contributed by atoms with Crippen molar-refractivity contribution >= 4 is 40.3 Å². The van der Waals surface area contributed by atoms with Crippen LogP contribution in [0.5, 0.6) is 0 Å². The number of quaternary nitrogens is 1. The highest BCUT2D eigenvalue weighted by Crippen LogP contribution is 2.21. The Kier molecular flexibility index (Phi) is 11.3. The zero-order valence-corrected chi connectivity index (χ0v) is 18.1. The Morgan fingerprint density at radius 3 is 2.66 bits per heavy atom. The van der Waals surface area contributed by atoms with Gasteiger partial charge in [-0.2, -0.15) is 13.2 Å². The molecule has 0 aliphatic carbocycles. The Morgan fingerprint density at radius 1 is 1.41 bits per heavy atom. The van der Waals surface area contributed by atoms with Gasteiger partial charge in [0, 0.05) is 38.2 Å². The van der Waals surface area contributed by atoms with Crippen LogP contribution in [-0.2, 0) is 16.7 Å². The quantitative estimate of drug-likeness (QED) is 0.290. The second kappa shape index (κ2) is 12.8. The van der Waals surface area contributed by atoms with Gasteiger partial charge in [-0.05, 0) is 19.4 Å². The minimum Gasteiger partial charge on any atom is -0.305 e. The summed E-state index contributed by atoms with van der Waals surface area (Å²) in [5.41, 5.74) is 1.06. The highest BCUT2D eigenvalue weighted by Gasteiger charge is 2.27. The molecule has 0 saturated carbocycles. The summed E-state index contributed by atoms with van der Waals surface area (Å²) >= 11 is 6.70. The number of pyridine rings is 1. The van der Waals surface area contributed by atoms with Crippen LogP contribution < -0.4 is 5.32 Å². The molecule has 11 heteroatoms. The number of hydrogen-bond donors (Lipinski definition) is 2. The molecule has 1 amide bonds. The maximum absolute atomic E-state index is 12.7. The molecule has 0 aliphatic rings. The molecule has 0 unspecified atom stereocenters. The van der Waals surface area contributed by atoms with E-state index < -0.39 is 12.6 Å². The van der Waals surface area contributed by atoms with Crippen LogP contribution in [0.25, 0.3) is 0 Å². The summed E-state index contributed by atoms with van der Waals surface area (Å²) in [4.78, 5) is 18.1. The van der Waals surface area contributed by atoms with Crippen LogP contribution >= 0.6 is 11.6 Å². The van der Waals surface area contributed by atoms with Gasteiger partial charge in [0.05, 0.1) is 24.7 Å². The molecule has 0 aromatic carbocycles. The summed E-state index contributed by atoms with van der Waals surface area (Å²) in [6.07, 6.45) is 1.79. The zero-order valence-electron chi connectivity index (χ0n) is 16.4. The lowest BCUT2D eigenvalue weighted by atomic mass is 10.2. The number of rotatable bonds is 12. The van der Waals surface area contributed by atoms with Crippen molar-refractivity contribution in [1.82, 2.24) is 14.2 Å². The molecule has 1 aromatic rings. The van der Waals surface area contributed by atoms with Gasteiger partial charge in [0.1, 0.15) is 23.3 Å². The number of allylic oxidation sites excluding steroid dienone is 1. The van der Waals surface area contributed by atoms with E-state index in [1.54, 1.807) is 41.2 Å². The lowest BCUT2D eigenvalue weighted by molar-refractivity contribution is -0.497. The zero-order chi connectivity index (χ0) is 21.9. The van der Waals surface area contributed by atoms with Crippen LogP contribution in [0.1, 0.15) is 26.2 Å². The second-order valence-corrected chi connectivity index (χ2v) is 7.42. The van der Waals surface area contributed by atoms with Crippen molar-refractivity contribution in [2.75, 3.05) is 25.9 Å². The minimum atomic E-state index is -4.17. The molecule has 1 heterocycles. The first-order valence-corrected chi connectivity index (χ1v) is 10.8. The average molecular weight is 454 g/mol. The number of hydrogen-bond acceptors (Lipinski definition) is 4. The first kappa shape index (κ1) is 25.4. The third kappa shape index (κ3) is 10.1. The molecule has 0 fully saturated rings. The number of amides is 1. The van der Waals surface area contributed by atoms with E-state index in [4.69, 9.17) is 17.0 Å². The summed E-state index contributed by atoms with van der Waals surface area (Å²) in [6, 6.07) is 3.60. The number of thiol groups is 1. The summed E-state index contributed by atoms with van der Waals surface area (Å²) in [5.74, 6) is -0.242. The van der Waals surface area contributed by atoms with Crippen molar-refractivity contribution in [3.8, 4) is 0 Å². The number of carbonyl (C=O) groups excluding carboxylic acids is 1. The van der Waals surface area contributed by atoms with Gasteiger partial charge in [-0.15, -0.1) is 4.31 Å². The van der Waals surface area contributed by atoms with Crippen LogP contribution in [0.15, 0.2) is 36.4 Å². The van der Waals surface area contributed by atoms with Gasteiger partial charge >= 0.3 is 6.18 Å². The van der Waals surface area contributed by atoms with Gasteiger partial charge in [-0.25, -0.2) is 0 Å². The fraction of sp³-hybridized carbons (Fsp3) is 0.500. The van der Waals surface area contributed by atoms with Crippen molar-refractivity contribution in [3.05, 3.63) is 36.4 Å². The third-order valence-electron chi connectivity index (χ3n) is 3.99. The van der Waals surface area contributed by atoms with Crippen LogP contribution in [0.4, 0.5) is 18.9 Å². The van der Waals surface area contributed by atoms with Crippen molar-refractivity contribution in [2.24, 2.45) is 0 Å². The van der Waals surface area contributed by atoms with Gasteiger partial charge in [0.25, 0.3) is 0 Å². The number of aromatic nitrogens is 1. The maximum atomic E-state index is 12.7. The van der Waals surface area contributed by atoms with Gasteiger partial charge < -0.3 is 4.90 Å². The largest absolute Gasteiger partial charge is 0.389 e. The van der Waals surface area contributed by atoms with E-state index in [0.29, 0.717) is 13.1 Å². The summed E-state index contributed by atoms with van der Waals surface area (Å²) < 4.78 is 38.7. The molecule has 0 spiro atoms. The fourth-order valence-corrected chi connectivity index (χ4v) is 3.35.